The van der Waals surface area contributed by atoms with Gasteiger partial charge >= 0.3 is 0 Å². The van der Waals surface area contributed by atoms with Gasteiger partial charge in [-0.1, -0.05) is 123 Å². The largest absolute Gasteiger partial charge is 0.310 e. The molecule has 4 nitrogen and oxygen atoms in total. The van der Waals surface area contributed by atoms with E-state index in [0.29, 0.717) is 0 Å². The van der Waals surface area contributed by atoms with E-state index in [1.807, 2.05) is 0 Å². The van der Waals surface area contributed by atoms with Gasteiger partial charge in [0.25, 0.3) is 0 Å². The topological polar surface area (TPSA) is 15.3 Å². The van der Waals surface area contributed by atoms with Crippen molar-refractivity contribution in [2.24, 2.45) is 0 Å². The van der Waals surface area contributed by atoms with E-state index < -0.39 is 0 Å². The van der Waals surface area contributed by atoms with Gasteiger partial charge in [-0.05, 0) is 109 Å². The molecule has 0 atom stereocenters. The molecular weight excluding hydrogens is 753 g/mol. The maximum Gasteiger partial charge on any atom is 0.0641 e. The van der Waals surface area contributed by atoms with Gasteiger partial charge in [0.2, 0.25) is 0 Å². The standard InChI is InChI=1S/C58H42N4/c1-3-37-25-27-45-51(33-37)61-53-35-48-44-30-32-50(60(41-21-13-7-14-22-41)42-23-15-8-16-24-42)56-46-28-26-38(4-2)34-52(46)62(58(44)56)54(48)36-47(53)43-29-31-49(55(45)57(43)61)59(39-17-9-5-10-18-39)40-19-11-6-12-20-40/h5-36H,3-4H2,1-2H3. The number of rotatable bonds is 8. The van der Waals surface area contributed by atoms with Crippen molar-refractivity contribution in [3.8, 4) is 0 Å². The Labute approximate surface area is 359 Å². The Morgan fingerprint density at radius 1 is 0.323 bits per heavy atom. The third-order valence-corrected chi connectivity index (χ3v) is 13.4. The van der Waals surface area contributed by atoms with E-state index in [-0.39, 0.29) is 0 Å². The Morgan fingerprint density at radius 2 is 0.645 bits per heavy atom. The number of fused-ring (bicyclic) bond motifs is 12. The number of aryl methyl sites for hydroxylation is 2. The van der Waals surface area contributed by atoms with E-state index >= 15 is 0 Å². The molecule has 4 heterocycles. The van der Waals surface area contributed by atoms with Crippen LogP contribution < -0.4 is 9.80 Å². The molecule has 0 unspecified atom stereocenters. The summed E-state index contributed by atoms with van der Waals surface area (Å²) in [6.45, 7) is 4.51. The lowest BCUT2D eigenvalue weighted by atomic mass is 10.0. The highest BCUT2D eigenvalue weighted by molar-refractivity contribution is 6.32. The lowest BCUT2D eigenvalue weighted by Gasteiger charge is -2.26. The van der Waals surface area contributed by atoms with Gasteiger partial charge in [-0.25, -0.2) is 0 Å². The summed E-state index contributed by atoms with van der Waals surface area (Å²) in [5, 5.41) is 10.2. The summed E-state index contributed by atoms with van der Waals surface area (Å²) < 4.78 is 5.15. The highest BCUT2D eigenvalue weighted by Gasteiger charge is 2.28. The van der Waals surface area contributed by atoms with Crippen molar-refractivity contribution < 1.29 is 0 Å². The van der Waals surface area contributed by atoms with E-state index in [9.17, 15) is 0 Å². The summed E-state index contributed by atoms with van der Waals surface area (Å²) in [5.74, 6) is 0. The Kier molecular flexibility index (Phi) is 7.53. The van der Waals surface area contributed by atoms with Crippen LogP contribution in [0.25, 0.3) is 76.2 Å². The highest BCUT2D eigenvalue weighted by atomic mass is 15.2. The molecule has 13 aromatic rings. The van der Waals surface area contributed by atoms with Crippen molar-refractivity contribution in [2.75, 3.05) is 9.80 Å². The molecule has 0 bridgehead atoms. The van der Waals surface area contributed by atoms with Crippen molar-refractivity contribution in [3.05, 3.63) is 205 Å². The normalized spacial score (nSPS) is 12.2. The number of benzene rings is 9. The fourth-order valence-corrected chi connectivity index (χ4v) is 10.6. The lowest BCUT2D eigenvalue weighted by Crippen LogP contribution is -2.10. The molecule has 9 aromatic carbocycles. The lowest BCUT2D eigenvalue weighted by molar-refractivity contribution is 1.14. The minimum Gasteiger partial charge on any atom is -0.310 e. The van der Waals surface area contributed by atoms with Gasteiger partial charge in [0.15, 0.2) is 0 Å². The molecule has 0 saturated carbocycles. The summed E-state index contributed by atoms with van der Waals surface area (Å²) >= 11 is 0. The van der Waals surface area contributed by atoms with Crippen LogP contribution in [0.4, 0.5) is 34.1 Å². The van der Waals surface area contributed by atoms with E-state index in [1.54, 1.807) is 0 Å². The highest BCUT2D eigenvalue weighted by Crippen LogP contribution is 2.51. The van der Waals surface area contributed by atoms with Crippen molar-refractivity contribution in [1.82, 2.24) is 8.80 Å². The Hall–Kier alpha value is -7.82. The smallest absolute Gasteiger partial charge is 0.0641 e. The molecule has 13 rings (SSSR count). The van der Waals surface area contributed by atoms with Crippen LogP contribution in [0, 0.1) is 0 Å². The monoisotopic (exact) mass is 794 g/mol. The van der Waals surface area contributed by atoms with Gasteiger partial charge in [-0.15, -0.1) is 0 Å². The summed E-state index contributed by atoms with van der Waals surface area (Å²) in [6.07, 6.45) is 1.95. The molecule has 0 N–H and O–H groups in total. The molecular formula is C58H42N4. The second-order valence-electron chi connectivity index (χ2n) is 16.7. The third kappa shape index (κ3) is 4.83. The average molecular weight is 795 g/mol. The van der Waals surface area contributed by atoms with Crippen LogP contribution in [0.15, 0.2) is 194 Å². The second kappa shape index (κ2) is 13.3. The van der Waals surface area contributed by atoms with Gasteiger partial charge in [-0.2, -0.15) is 0 Å². The molecule has 0 spiro atoms. The first-order chi connectivity index (χ1) is 30.7. The van der Waals surface area contributed by atoms with Crippen LogP contribution in [-0.4, -0.2) is 8.80 Å². The molecule has 0 aliphatic rings. The molecule has 0 saturated heterocycles. The van der Waals surface area contributed by atoms with Gasteiger partial charge in [-0.3, -0.25) is 0 Å². The van der Waals surface area contributed by atoms with Gasteiger partial charge in [0.05, 0.1) is 44.5 Å². The zero-order chi connectivity index (χ0) is 41.1. The first kappa shape index (κ1) is 35.0. The first-order valence-corrected chi connectivity index (χ1v) is 21.9. The Bertz CT molecular complexity index is 3480. The number of aromatic nitrogens is 2. The molecule has 4 aromatic heterocycles. The van der Waals surface area contributed by atoms with Crippen LogP contribution in [0.5, 0.6) is 0 Å². The number of anilines is 6. The SMILES string of the molecule is CCc1ccc2c3c(N(c4ccccc4)c4ccccc4)ccc4c5cc6c(cc5n(c2c1)c43)c1ccc(N(c2ccccc2)c2ccccc2)c2c3ccc(CC)cc3n6c12. The third-order valence-electron chi connectivity index (χ3n) is 13.4. The predicted molar refractivity (Wildman–Crippen MR) is 264 cm³/mol. The van der Waals surface area contributed by atoms with Crippen LogP contribution in [0.3, 0.4) is 0 Å². The zero-order valence-corrected chi connectivity index (χ0v) is 34.7. The van der Waals surface area contributed by atoms with Crippen LogP contribution in [0.1, 0.15) is 25.0 Å². The minimum atomic E-state index is 0.976. The van der Waals surface area contributed by atoms with Crippen LogP contribution >= 0.6 is 0 Å². The molecule has 4 heteroatoms. The van der Waals surface area contributed by atoms with Gasteiger partial charge < -0.3 is 18.6 Å². The number of hydrogen-bond donors (Lipinski definition) is 0. The molecule has 294 valence electrons. The fraction of sp³-hybridized carbons (Fsp3) is 0.0690. The number of nitrogens with zero attached hydrogens (tertiary/aromatic N) is 4. The fourth-order valence-electron chi connectivity index (χ4n) is 10.6. The van der Waals surface area contributed by atoms with Gasteiger partial charge in [0, 0.05) is 65.8 Å². The van der Waals surface area contributed by atoms with Crippen molar-refractivity contribution >= 4 is 110 Å². The Morgan fingerprint density at radius 3 is 0.984 bits per heavy atom. The van der Waals surface area contributed by atoms with E-state index in [1.165, 1.54) is 98.7 Å². The second-order valence-corrected chi connectivity index (χ2v) is 16.7. The molecule has 0 amide bonds. The molecule has 62 heavy (non-hydrogen) atoms. The van der Waals surface area contributed by atoms with Gasteiger partial charge in [0.1, 0.15) is 0 Å². The van der Waals surface area contributed by atoms with Crippen molar-refractivity contribution in [1.29, 1.82) is 0 Å². The minimum absolute atomic E-state index is 0.976. The number of para-hydroxylation sites is 4. The summed E-state index contributed by atoms with van der Waals surface area (Å²) in [7, 11) is 0. The molecule has 0 radical (unpaired) electrons. The van der Waals surface area contributed by atoms with Crippen LogP contribution in [-0.2, 0) is 12.8 Å². The van der Waals surface area contributed by atoms with E-state index in [2.05, 4.69) is 227 Å². The number of hydrogen-bond acceptors (Lipinski definition) is 2. The molecule has 0 aliphatic heterocycles. The quantitative estimate of drug-likeness (QED) is 0.152. The molecule has 0 aliphatic carbocycles. The summed E-state index contributed by atoms with van der Waals surface area (Å²) in [5.41, 5.74) is 17.1. The average Bonchev–Trinajstić information content (AvgIpc) is 4.06. The Balaban J connectivity index is 1.16. The molecule has 0 fully saturated rings. The van der Waals surface area contributed by atoms with E-state index in [4.69, 9.17) is 0 Å². The van der Waals surface area contributed by atoms with Crippen molar-refractivity contribution in [3.63, 3.8) is 0 Å². The van der Waals surface area contributed by atoms with Crippen molar-refractivity contribution in [2.45, 2.75) is 26.7 Å². The first-order valence-electron chi connectivity index (χ1n) is 21.9. The maximum atomic E-state index is 2.57. The summed E-state index contributed by atoms with van der Waals surface area (Å²) in [4.78, 5) is 4.85. The predicted octanol–water partition coefficient (Wildman–Crippen LogP) is 16.1. The van der Waals surface area contributed by atoms with E-state index in [0.717, 1.165) is 35.6 Å². The zero-order valence-electron chi connectivity index (χ0n) is 34.7. The van der Waals surface area contributed by atoms with Crippen LogP contribution in [0.2, 0.25) is 0 Å². The summed E-state index contributed by atoms with van der Waals surface area (Å²) in [6, 6.07) is 71.9. The maximum absolute atomic E-state index is 2.57.